The Kier molecular flexibility index (Phi) is 47.4. The van der Waals surface area contributed by atoms with Crippen LogP contribution < -0.4 is 53.6 Å². The van der Waals surface area contributed by atoms with Gasteiger partial charge in [0.1, 0.15) is 80.4 Å². The first-order chi connectivity index (χ1) is 45.4. The second-order valence-corrected chi connectivity index (χ2v) is 23.8. The number of aliphatic hydroxyl groups is 2. The minimum absolute atomic E-state index is 0. The summed E-state index contributed by atoms with van der Waals surface area (Å²) in [6.07, 6.45) is -4.95. The fourth-order valence-electron chi connectivity index (χ4n) is 6.59. The number of aliphatic hydroxyl groups excluding tert-OH is 2. The van der Waals surface area contributed by atoms with E-state index >= 15 is 0 Å². The average Bonchev–Trinajstić information content (AvgIpc) is 3.28. The molecule has 0 unspecified atom stereocenters. The Morgan fingerprint density at radius 2 is 0.789 bits per heavy atom. The topological polar surface area (TPSA) is 215 Å². The number of hydrogen-bond acceptors (Lipinski definition) is 14. The maximum atomic E-state index is 12.9. The van der Waals surface area contributed by atoms with Crippen molar-refractivity contribution in [3.8, 4) is 28.7 Å². The number of aliphatic carboxylic acids is 2. The van der Waals surface area contributed by atoms with E-state index in [4.69, 9.17) is 58.3 Å². The SMILES string of the molecule is FC[C@@H](COCc1ccccc1)Oc1ccc(Br)cc1.O=C(O)[C@H](CF)Oc1ccc(Br)cc1.O=C([O-])[C@H](CF)Oc1ccc(Br)cc1.OC[C@H](CF)Oc1ccc(Br)cc1.O[C@H](CF)COCc1ccccc1.Oc1ccc(Br)cc1.[Na+].c1ccc(COC[C@H]2CO2)cc1. The van der Waals surface area contributed by atoms with Crippen molar-refractivity contribution in [1.29, 1.82) is 0 Å². The second-order valence-electron chi connectivity index (χ2n) is 19.2. The molecule has 9 rings (SSSR count). The van der Waals surface area contributed by atoms with E-state index in [1.807, 2.05) is 91.0 Å². The number of epoxide rings is 1. The molecule has 1 aliphatic rings. The molecule has 0 saturated carbocycles. The van der Waals surface area contributed by atoms with Crippen molar-refractivity contribution in [3.05, 3.63) is 251 Å². The van der Waals surface area contributed by atoms with Crippen molar-refractivity contribution >= 4 is 91.6 Å². The number of halogens is 10. The van der Waals surface area contributed by atoms with Gasteiger partial charge in [-0.15, -0.1) is 0 Å². The number of carboxylic acids is 2. The molecular formula is C69H71Br5F5NaO15. The van der Waals surface area contributed by atoms with Crippen LogP contribution in [0.4, 0.5) is 22.0 Å². The minimum atomic E-state index is -1.56. The summed E-state index contributed by atoms with van der Waals surface area (Å²) >= 11 is 16.3. The van der Waals surface area contributed by atoms with Crippen molar-refractivity contribution in [1.82, 2.24) is 0 Å². The minimum Gasteiger partial charge on any atom is -0.546 e. The van der Waals surface area contributed by atoms with E-state index in [1.165, 1.54) is 17.7 Å². The summed E-state index contributed by atoms with van der Waals surface area (Å²) in [4.78, 5) is 20.7. The molecule has 6 atom stereocenters. The number of benzene rings is 8. The maximum Gasteiger partial charge on any atom is 1.00 e. The quantitative estimate of drug-likeness (QED) is 0.0204. The summed E-state index contributed by atoms with van der Waals surface area (Å²) < 4.78 is 107. The number of aromatic hydroxyl groups is 1. The van der Waals surface area contributed by atoms with Crippen LogP contribution in [0, 0.1) is 0 Å². The zero-order chi connectivity index (χ0) is 68.7. The number of carboxylic acid groups (broad SMARTS) is 2. The maximum absolute atomic E-state index is 12.9. The van der Waals surface area contributed by atoms with Crippen LogP contribution in [-0.2, 0) is 48.4 Å². The van der Waals surface area contributed by atoms with E-state index in [0.717, 1.165) is 46.7 Å². The van der Waals surface area contributed by atoms with Crippen LogP contribution in [0.3, 0.4) is 0 Å². The van der Waals surface area contributed by atoms with E-state index in [1.54, 1.807) is 97.1 Å². The summed E-state index contributed by atoms with van der Waals surface area (Å²) in [5.41, 5.74) is 3.31. The predicted molar refractivity (Wildman–Crippen MR) is 364 cm³/mol. The molecule has 8 aromatic carbocycles. The third-order valence-corrected chi connectivity index (χ3v) is 14.1. The van der Waals surface area contributed by atoms with Gasteiger partial charge in [-0.05, 0) is 138 Å². The number of hydrogen-bond donors (Lipinski definition) is 4. The molecule has 15 nitrogen and oxygen atoms in total. The summed E-state index contributed by atoms with van der Waals surface area (Å²) in [5.74, 6) is -0.753. The van der Waals surface area contributed by atoms with Crippen molar-refractivity contribution in [2.24, 2.45) is 0 Å². The van der Waals surface area contributed by atoms with E-state index in [0.29, 0.717) is 54.7 Å². The molecule has 0 aliphatic carbocycles. The van der Waals surface area contributed by atoms with Crippen molar-refractivity contribution < 1.29 is 125 Å². The predicted octanol–water partition coefficient (Wildman–Crippen LogP) is 12.0. The van der Waals surface area contributed by atoms with Crippen molar-refractivity contribution in [2.45, 2.75) is 56.4 Å². The standard InChI is InChI=1S/C16H16BrFO2.C10H13FO2.C10H12O2.2C9H8BrFO3.C9H10BrFO2.C6H5BrO.Na/c17-14-6-8-15(9-7-14)20-16(10-18)12-19-11-13-4-2-1-3-5-13;11-6-10(12)8-13-7-9-4-2-1-3-5-9;1-2-4-9(5-3-1)6-11-7-10-8-12-10;2*10-6-1-3-7(4-2-6)14-8(5-11)9(12)13;10-7-1-3-8(4-2-7)13-9(5-11)6-12;7-5-1-3-6(8)4-2-5;/h1-9,16H,10-12H2;1-5,10,12H,6-8H2;1-5,10H,6-8H2;2*1-4,8H,5H2,(H,12,13);1-4,9,12H,5-6H2;1-4,8H;/q;;;;;;;+1/p-1/t16-;2*10-;2*8-;9-;;/m010000../s1. The summed E-state index contributed by atoms with van der Waals surface area (Å²) in [5, 5.41) is 45.1. The first kappa shape index (κ1) is 85.6. The van der Waals surface area contributed by atoms with Crippen LogP contribution in [0.1, 0.15) is 16.7 Å². The van der Waals surface area contributed by atoms with Gasteiger partial charge < -0.3 is 68.2 Å². The molecule has 0 radical (unpaired) electrons. The molecular weight excluding hydrogens is 1590 g/mol. The number of alkyl halides is 5. The Balaban J connectivity index is 0.000000381. The Labute approximate surface area is 613 Å². The van der Waals surface area contributed by atoms with E-state index < -0.39 is 75.8 Å². The normalized spacial score (nSPS) is 13.0. The first-order valence-electron chi connectivity index (χ1n) is 28.5. The summed E-state index contributed by atoms with van der Waals surface area (Å²) in [6, 6.07) is 63.6. The molecule has 1 saturated heterocycles. The van der Waals surface area contributed by atoms with Gasteiger partial charge in [-0.3, -0.25) is 0 Å². The van der Waals surface area contributed by atoms with Gasteiger partial charge in [-0.25, -0.2) is 26.7 Å². The Morgan fingerprint density at radius 1 is 0.463 bits per heavy atom. The number of carbonyl (C=O) groups is 2. The van der Waals surface area contributed by atoms with Gasteiger partial charge in [0.25, 0.3) is 0 Å². The number of phenolic OH excluding ortho intramolecular Hbond substituents is 1. The molecule has 0 amide bonds. The second kappa shape index (κ2) is 52.6. The van der Waals surface area contributed by atoms with E-state index in [2.05, 4.69) is 91.8 Å². The van der Waals surface area contributed by atoms with Crippen LogP contribution in [0.2, 0.25) is 0 Å². The molecule has 26 heteroatoms. The zero-order valence-electron chi connectivity index (χ0n) is 51.4. The van der Waals surface area contributed by atoms with E-state index in [9.17, 15) is 36.6 Å². The van der Waals surface area contributed by atoms with Gasteiger partial charge in [0.05, 0.1) is 58.8 Å². The van der Waals surface area contributed by atoms with Gasteiger partial charge in [0.15, 0.2) is 12.2 Å². The molecule has 1 fully saturated rings. The molecule has 1 heterocycles. The van der Waals surface area contributed by atoms with Gasteiger partial charge >= 0.3 is 35.5 Å². The Bertz CT molecular complexity index is 3120. The molecule has 0 aromatic heterocycles. The van der Waals surface area contributed by atoms with Crippen molar-refractivity contribution in [3.63, 3.8) is 0 Å². The van der Waals surface area contributed by atoms with Crippen LogP contribution >= 0.6 is 79.6 Å². The molecule has 508 valence electrons. The van der Waals surface area contributed by atoms with Crippen LogP contribution in [0.25, 0.3) is 0 Å². The van der Waals surface area contributed by atoms with Crippen LogP contribution in [-0.4, -0.2) is 135 Å². The fourth-order valence-corrected chi connectivity index (χ4v) is 7.91. The van der Waals surface area contributed by atoms with E-state index in [-0.39, 0.29) is 49.4 Å². The third kappa shape index (κ3) is 42.1. The van der Waals surface area contributed by atoms with Crippen molar-refractivity contribution in [2.75, 3.05) is 66.4 Å². The smallest absolute Gasteiger partial charge is 0.546 e. The van der Waals surface area contributed by atoms with Gasteiger partial charge in [-0.1, -0.05) is 171 Å². The molecule has 95 heavy (non-hydrogen) atoms. The van der Waals surface area contributed by atoms with Crippen LogP contribution in [0.15, 0.2) is 235 Å². The molecule has 0 spiro atoms. The third-order valence-electron chi connectivity index (χ3n) is 11.4. The molecule has 0 bridgehead atoms. The zero-order valence-corrected chi connectivity index (χ0v) is 61.4. The van der Waals surface area contributed by atoms with Gasteiger partial charge in [-0.2, -0.15) is 0 Å². The van der Waals surface area contributed by atoms with Gasteiger partial charge in [0.2, 0.25) is 6.10 Å². The monoisotopic (exact) mass is 1650 g/mol. The average molecular weight is 1660 g/mol. The van der Waals surface area contributed by atoms with Crippen LogP contribution in [0.5, 0.6) is 28.7 Å². The molecule has 8 aromatic rings. The fraction of sp³-hybridized carbons (Fsp3) is 0.275. The molecule has 1 aliphatic heterocycles. The number of carbonyl (C=O) groups excluding carboxylic acids is 1. The van der Waals surface area contributed by atoms with Gasteiger partial charge in [0, 0.05) is 22.4 Å². The first-order valence-corrected chi connectivity index (χ1v) is 32.5. The number of rotatable bonds is 28. The summed E-state index contributed by atoms with van der Waals surface area (Å²) in [7, 11) is 0. The Morgan fingerprint density at radius 3 is 1.09 bits per heavy atom. The number of ether oxygens (including phenoxy) is 8. The summed E-state index contributed by atoms with van der Waals surface area (Å²) in [6.45, 7) is -1.06. The Hall–Kier alpha value is -5.49. The number of phenols is 1. The largest absolute Gasteiger partial charge is 1.00 e. The molecule has 4 N–H and O–H groups in total.